The summed E-state index contributed by atoms with van der Waals surface area (Å²) < 4.78 is 1.89. The normalized spacial score (nSPS) is 17.3. The second-order valence-corrected chi connectivity index (χ2v) is 11.3. The van der Waals surface area contributed by atoms with Gasteiger partial charge in [-0.05, 0) is 55.7 Å². The first-order valence-corrected chi connectivity index (χ1v) is 13.8. The zero-order valence-electron chi connectivity index (χ0n) is 21.5. The molecule has 0 saturated carbocycles. The lowest BCUT2D eigenvalue weighted by molar-refractivity contribution is -0.137. The predicted octanol–water partition coefficient (Wildman–Crippen LogP) is 4.09. The van der Waals surface area contributed by atoms with Crippen LogP contribution in [0.3, 0.4) is 0 Å². The van der Waals surface area contributed by atoms with Crippen LogP contribution in [0.4, 0.5) is 5.82 Å². The van der Waals surface area contributed by atoms with Crippen LogP contribution in [-0.4, -0.2) is 50.4 Å². The van der Waals surface area contributed by atoms with Gasteiger partial charge in [0, 0.05) is 38.7 Å². The molecule has 0 spiro atoms. The highest BCUT2D eigenvalue weighted by atomic mass is 32.2. The summed E-state index contributed by atoms with van der Waals surface area (Å²) in [5, 5.41) is 18.6. The first kappa shape index (κ1) is 27.6. The summed E-state index contributed by atoms with van der Waals surface area (Å²) in [6.45, 7) is 3.48. The molecule has 0 radical (unpaired) electrons. The average Bonchev–Trinajstić information content (AvgIpc) is 3.16. The first-order chi connectivity index (χ1) is 18.2. The zero-order valence-corrected chi connectivity index (χ0v) is 23.1. The van der Waals surface area contributed by atoms with Crippen molar-refractivity contribution in [2.75, 3.05) is 24.5 Å². The van der Waals surface area contributed by atoms with E-state index in [0.717, 1.165) is 44.1 Å². The van der Waals surface area contributed by atoms with E-state index in [1.165, 1.54) is 15.0 Å². The minimum atomic E-state index is -0.923. The number of thioether (sulfide) groups is 1. The highest BCUT2D eigenvalue weighted by Crippen LogP contribution is 2.37. The fourth-order valence-electron chi connectivity index (χ4n) is 5.10. The summed E-state index contributed by atoms with van der Waals surface area (Å²) in [5.74, 6) is 0.0224. The van der Waals surface area contributed by atoms with Crippen molar-refractivity contribution in [3.8, 4) is 6.07 Å². The Bertz CT molecular complexity index is 1390. The van der Waals surface area contributed by atoms with Crippen molar-refractivity contribution in [2.45, 2.75) is 39.0 Å². The third kappa shape index (κ3) is 5.84. The molecule has 0 atom stereocenters. The number of thiocarbonyl (C=S) groups is 1. The van der Waals surface area contributed by atoms with Crippen LogP contribution in [0.25, 0.3) is 6.08 Å². The minimum absolute atomic E-state index is 0.0497. The molecular formula is C28H30N4O4S2. The van der Waals surface area contributed by atoms with E-state index >= 15 is 0 Å². The molecule has 3 heterocycles. The molecule has 0 unspecified atom stereocenters. The summed E-state index contributed by atoms with van der Waals surface area (Å²) >= 11 is 6.56. The first-order valence-electron chi connectivity index (χ1n) is 12.6. The van der Waals surface area contributed by atoms with Gasteiger partial charge in [0.2, 0.25) is 0 Å². The predicted molar refractivity (Wildman–Crippen MR) is 153 cm³/mol. The smallest absolute Gasteiger partial charge is 0.303 e. The van der Waals surface area contributed by atoms with Crippen molar-refractivity contribution in [3.05, 3.63) is 67.8 Å². The van der Waals surface area contributed by atoms with Crippen molar-refractivity contribution in [1.82, 2.24) is 9.47 Å². The SMILES string of the molecule is Cc1c(/C=C2/SC(=S)N(CCCC(=O)O)C2=O)c(N2CCC(Cc3ccccc3)CC2)n(C)c(=O)c1C#N. The van der Waals surface area contributed by atoms with E-state index in [4.69, 9.17) is 17.3 Å². The van der Waals surface area contributed by atoms with Crippen LogP contribution in [0, 0.1) is 24.2 Å². The lowest BCUT2D eigenvalue weighted by Gasteiger charge is -2.36. The number of nitrogens with zero attached hydrogens (tertiary/aromatic N) is 4. The molecule has 0 aliphatic carbocycles. The largest absolute Gasteiger partial charge is 0.481 e. The lowest BCUT2D eigenvalue weighted by atomic mass is 9.90. The summed E-state index contributed by atoms with van der Waals surface area (Å²) in [7, 11) is 1.67. The van der Waals surface area contributed by atoms with Crippen LogP contribution in [0.1, 0.15) is 47.9 Å². The number of benzene rings is 1. The highest BCUT2D eigenvalue weighted by molar-refractivity contribution is 8.26. The Labute approximate surface area is 231 Å². The fraction of sp³-hybridized carbons (Fsp3) is 0.393. The number of carbonyl (C=O) groups is 2. The number of hydrogen-bond acceptors (Lipinski definition) is 7. The van der Waals surface area contributed by atoms with Crippen molar-refractivity contribution in [1.29, 1.82) is 5.26 Å². The van der Waals surface area contributed by atoms with E-state index in [9.17, 15) is 19.6 Å². The maximum Gasteiger partial charge on any atom is 0.303 e. The molecule has 2 aliphatic heterocycles. The second-order valence-electron chi connectivity index (χ2n) is 9.66. The standard InChI is InChI=1S/C28H30N4O4S2/c1-18-21(16-23-27(36)32(28(37)38-23)12-6-9-24(33)34)25(30(2)26(35)22(18)17-29)31-13-10-20(11-14-31)15-19-7-4-3-5-8-19/h3-5,7-8,16,20H,6,9-15H2,1-2H3,(H,33,34)/b23-16+. The van der Waals surface area contributed by atoms with Crippen molar-refractivity contribution in [2.24, 2.45) is 13.0 Å². The maximum absolute atomic E-state index is 13.2. The van der Waals surface area contributed by atoms with Gasteiger partial charge in [0.1, 0.15) is 21.8 Å². The van der Waals surface area contributed by atoms with E-state index in [0.29, 0.717) is 38.5 Å². The van der Waals surface area contributed by atoms with Gasteiger partial charge in [0.15, 0.2) is 0 Å². The molecule has 2 aliphatic rings. The molecule has 1 aromatic carbocycles. The number of nitriles is 1. The quantitative estimate of drug-likeness (QED) is 0.387. The molecule has 2 fully saturated rings. The van der Waals surface area contributed by atoms with E-state index in [-0.39, 0.29) is 30.0 Å². The molecule has 2 saturated heterocycles. The number of carbonyl (C=O) groups excluding carboxylic acids is 1. The Morgan fingerprint density at radius 1 is 1.24 bits per heavy atom. The van der Waals surface area contributed by atoms with Gasteiger partial charge < -0.3 is 10.0 Å². The van der Waals surface area contributed by atoms with Gasteiger partial charge in [0.25, 0.3) is 11.5 Å². The molecule has 10 heteroatoms. The summed E-state index contributed by atoms with van der Waals surface area (Å²) in [5.41, 5.74) is 2.21. The number of rotatable bonds is 8. The monoisotopic (exact) mass is 550 g/mol. The third-order valence-corrected chi connectivity index (χ3v) is 8.55. The number of carboxylic acids is 1. The molecule has 1 N–H and O–H groups in total. The van der Waals surface area contributed by atoms with Gasteiger partial charge in [-0.15, -0.1) is 0 Å². The van der Waals surface area contributed by atoms with Crippen molar-refractivity contribution >= 4 is 52.1 Å². The zero-order chi connectivity index (χ0) is 27.4. The topological polar surface area (TPSA) is 107 Å². The minimum Gasteiger partial charge on any atom is -0.481 e. The number of piperidine rings is 1. The third-order valence-electron chi connectivity index (χ3n) is 7.17. The number of aliphatic carboxylic acids is 1. The Hall–Kier alpha value is -3.42. The van der Waals surface area contributed by atoms with E-state index < -0.39 is 5.97 Å². The van der Waals surface area contributed by atoms with Crippen molar-refractivity contribution < 1.29 is 14.7 Å². The summed E-state index contributed by atoms with van der Waals surface area (Å²) in [4.78, 5) is 41.1. The van der Waals surface area contributed by atoms with Crippen LogP contribution in [0.5, 0.6) is 0 Å². The summed E-state index contributed by atoms with van der Waals surface area (Å²) in [6, 6.07) is 12.5. The fourth-order valence-corrected chi connectivity index (χ4v) is 6.39. The van der Waals surface area contributed by atoms with Gasteiger partial charge in [-0.1, -0.05) is 54.3 Å². The van der Waals surface area contributed by atoms with Gasteiger partial charge in [-0.25, -0.2) is 0 Å². The van der Waals surface area contributed by atoms with Crippen LogP contribution in [0.15, 0.2) is 40.0 Å². The molecule has 8 nitrogen and oxygen atoms in total. The van der Waals surface area contributed by atoms with E-state index in [2.05, 4.69) is 29.2 Å². The molecule has 38 heavy (non-hydrogen) atoms. The number of hydrogen-bond donors (Lipinski definition) is 1. The van der Waals surface area contributed by atoms with Gasteiger partial charge >= 0.3 is 5.97 Å². The second kappa shape index (κ2) is 12.0. The average molecular weight is 551 g/mol. The molecule has 198 valence electrons. The Morgan fingerprint density at radius 3 is 2.55 bits per heavy atom. The van der Waals surface area contributed by atoms with Crippen LogP contribution >= 0.6 is 24.0 Å². The maximum atomic E-state index is 13.2. The number of amides is 1. The molecule has 1 aromatic heterocycles. The van der Waals surface area contributed by atoms with Gasteiger partial charge in [-0.3, -0.25) is 23.9 Å². The van der Waals surface area contributed by atoms with Gasteiger partial charge in [-0.2, -0.15) is 5.26 Å². The van der Waals surface area contributed by atoms with Crippen molar-refractivity contribution in [3.63, 3.8) is 0 Å². The van der Waals surface area contributed by atoms with Crippen LogP contribution < -0.4 is 10.5 Å². The van der Waals surface area contributed by atoms with Crippen LogP contribution in [0.2, 0.25) is 0 Å². The Kier molecular flexibility index (Phi) is 8.69. The van der Waals surface area contributed by atoms with E-state index in [1.807, 2.05) is 12.1 Å². The molecule has 2 aromatic rings. The number of carboxylic acid groups (broad SMARTS) is 1. The Morgan fingerprint density at radius 2 is 1.92 bits per heavy atom. The molecule has 1 amide bonds. The van der Waals surface area contributed by atoms with Gasteiger partial charge in [0.05, 0.1) is 4.91 Å². The van der Waals surface area contributed by atoms with Crippen LogP contribution in [-0.2, 0) is 23.1 Å². The number of aromatic nitrogens is 1. The molecule has 0 bridgehead atoms. The molecule has 4 rings (SSSR count). The highest BCUT2D eigenvalue weighted by Gasteiger charge is 2.33. The van der Waals surface area contributed by atoms with E-state index in [1.54, 1.807) is 20.0 Å². The lowest BCUT2D eigenvalue weighted by Crippen LogP contribution is -2.39. The number of pyridine rings is 1. The number of anilines is 1. The summed E-state index contributed by atoms with van der Waals surface area (Å²) in [6.07, 6.45) is 4.93. The Balaban J connectivity index is 1.63. The molecular weight excluding hydrogens is 520 g/mol.